The molecular weight excluding hydrogens is 365 g/mol. The van der Waals surface area contributed by atoms with Crippen LogP contribution in [0.3, 0.4) is 0 Å². The number of benzene rings is 2. The zero-order valence-electron chi connectivity index (χ0n) is 14.3. The van der Waals surface area contributed by atoms with Crippen LogP contribution in [0.2, 0.25) is 0 Å². The third-order valence-corrected chi connectivity index (χ3v) is 3.70. The molecular formula is C20H12FN3O4. The monoisotopic (exact) mass is 377 g/mol. The third-order valence-electron chi connectivity index (χ3n) is 3.70. The average Bonchev–Trinajstić information content (AvgIpc) is 3.15. The number of nitro benzene ring substituents is 1. The van der Waals surface area contributed by atoms with Crippen LogP contribution in [0.5, 0.6) is 0 Å². The molecule has 28 heavy (non-hydrogen) atoms. The van der Waals surface area contributed by atoms with Gasteiger partial charge in [0, 0.05) is 29.5 Å². The van der Waals surface area contributed by atoms with E-state index in [9.17, 15) is 24.6 Å². The molecule has 0 saturated heterocycles. The standard InChI is InChI=1S/C20H12FN3O4/c21-15-4-2-5-16(11-15)23-20(25)14(12-22)10-18-7-8-19(28-18)13-3-1-6-17(9-13)24(26)27/h1-11H,(H,23,25). The Labute approximate surface area is 158 Å². The highest BCUT2D eigenvalue weighted by molar-refractivity contribution is 6.09. The number of non-ortho nitro benzene ring substituents is 1. The molecule has 8 heteroatoms. The summed E-state index contributed by atoms with van der Waals surface area (Å²) in [7, 11) is 0. The predicted molar refractivity (Wildman–Crippen MR) is 99.4 cm³/mol. The summed E-state index contributed by atoms with van der Waals surface area (Å²) in [5.74, 6) is -0.681. The Morgan fingerprint density at radius 3 is 2.68 bits per heavy atom. The molecule has 3 rings (SSSR count). The molecule has 0 aliphatic rings. The maximum atomic E-state index is 13.2. The number of nitrogens with zero attached hydrogens (tertiary/aromatic N) is 2. The highest BCUT2D eigenvalue weighted by atomic mass is 19.1. The van der Waals surface area contributed by atoms with Gasteiger partial charge in [-0.3, -0.25) is 14.9 Å². The lowest BCUT2D eigenvalue weighted by Gasteiger charge is -2.03. The van der Waals surface area contributed by atoms with Crippen molar-refractivity contribution in [2.75, 3.05) is 5.32 Å². The molecule has 0 aliphatic heterocycles. The molecule has 0 saturated carbocycles. The maximum Gasteiger partial charge on any atom is 0.270 e. The molecule has 1 aromatic heterocycles. The quantitative estimate of drug-likeness (QED) is 0.304. The van der Waals surface area contributed by atoms with Gasteiger partial charge >= 0.3 is 0 Å². The summed E-state index contributed by atoms with van der Waals surface area (Å²) in [5, 5.41) is 22.5. The minimum atomic E-state index is -0.721. The van der Waals surface area contributed by atoms with Crippen molar-refractivity contribution in [1.29, 1.82) is 5.26 Å². The lowest BCUT2D eigenvalue weighted by molar-refractivity contribution is -0.384. The normalized spacial score (nSPS) is 10.9. The molecule has 138 valence electrons. The SMILES string of the molecule is N#CC(=Cc1ccc(-c2cccc([N+](=O)[O-])c2)o1)C(=O)Nc1cccc(F)c1. The van der Waals surface area contributed by atoms with Crippen molar-refractivity contribution >= 4 is 23.4 Å². The summed E-state index contributed by atoms with van der Waals surface area (Å²) in [4.78, 5) is 22.6. The Bertz CT molecular complexity index is 1130. The number of amides is 1. The van der Waals surface area contributed by atoms with Gasteiger partial charge < -0.3 is 9.73 Å². The highest BCUT2D eigenvalue weighted by Crippen LogP contribution is 2.26. The number of rotatable bonds is 5. The van der Waals surface area contributed by atoms with Crippen LogP contribution >= 0.6 is 0 Å². The summed E-state index contributed by atoms with van der Waals surface area (Å²) < 4.78 is 18.8. The van der Waals surface area contributed by atoms with Crippen molar-refractivity contribution in [2.24, 2.45) is 0 Å². The first-order valence-electron chi connectivity index (χ1n) is 7.99. The van der Waals surface area contributed by atoms with Crippen molar-refractivity contribution in [3.8, 4) is 17.4 Å². The van der Waals surface area contributed by atoms with E-state index < -0.39 is 16.6 Å². The van der Waals surface area contributed by atoms with Crippen molar-refractivity contribution < 1.29 is 18.5 Å². The topological polar surface area (TPSA) is 109 Å². The second kappa shape index (κ2) is 7.97. The number of hydrogen-bond donors (Lipinski definition) is 1. The van der Waals surface area contributed by atoms with Gasteiger partial charge in [-0.25, -0.2) is 4.39 Å². The number of carbonyl (C=O) groups excluding carboxylic acids is 1. The summed E-state index contributed by atoms with van der Waals surface area (Å²) in [6.07, 6.45) is 1.23. The van der Waals surface area contributed by atoms with Gasteiger partial charge in [0.2, 0.25) is 0 Å². The number of carbonyl (C=O) groups is 1. The van der Waals surface area contributed by atoms with E-state index in [1.54, 1.807) is 18.2 Å². The van der Waals surface area contributed by atoms with Crippen LogP contribution in [-0.2, 0) is 4.79 Å². The van der Waals surface area contributed by atoms with Gasteiger partial charge in [0.15, 0.2) is 0 Å². The Kier molecular flexibility index (Phi) is 5.28. The van der Waals surface area contributed by atoms with Crippen LogP contribution in [0.25, 0.3) is 17.4 Å². The fraction of sp³-hybridized carbons (Fsp3) is 0. The van der Waals surface area contributed by atoms with Crippen molar-refractivity contribution in [2.45, 2.75) is 0 Å². The van der Waals surface area contributed by atoms with Crippen LogP contribution in [-0.4, -0.2) is 10.8 Å². The molecule has 1 N–H and O–H groups in total. The number of halogens is 1. The number of anilines is 1. The molecule has 2 aromatic carbocycles. The van der Waals surface area contributed by atoms with Gasteiger partial charge in [-0.05, 0) is 30.3 Å². The van der Waals surface area contributed by atoms with Crippen LogP contribution in [0.15, 0.2) is 70.7 Å². The molecule has 0 atom stereocenters. The first-order chi connectivity index (χ1) is 13.5. The van der Waals surface area contributed by atoms with Gasteiger partial charge in [0.1, 0.15) is 29.0 Å². The Balaban J connectivity index is 1.82. The predicted octanol–water partition coefficient (Wildman–Crippen LogP) is 4.54. The van der Waals surface area contributed by atoms with E-state index >= 15 is 0 Å². The summed E-state index contributed by atoms with van der Waals surface area (Å²) >= 11 is 0. The first kappa shape index (κ1) is 18.5. The fourth-order valence-corrected chi connectivity index (χ4v) is 2.41. The van der Waals surface area contributed by atoms with Gasteiger partial charge in [-0.2, -0.15) is 5.26 Å². The van der Waals surface area contributed by atoms with Crippen molar-refractivity contribution in [3.63, 3.8) is 0 Å². The van der Waals surface area contributed by atoms with Crippen LogP contribution < -0.4 is 5.32 Å². The lowest BCUT2D eigenvalue weighted by Crippen LogP contribution is -2.13. The summed E-state index contributed by atoms with van der Waals surface area (Å²) in [6, 6.07) is 16.0. The second-order valence-electron chi connectivity index (χ2n) is 5.64. The van der Waals surface area contributed by atoms with Crippen molar-refractivity contribution in [3.05, 3.63) is 87.9 Å². The molecule has 0 fully saturated rings. The van der Waals surface area contributed by atoms with E-state index in [0.29, 0.717) is 11.3 Å². The number of nitriles is 1. The van der Waals surface area contributed by atoms with Crippen LogP contribution in [0.1, 0.15) is 5.76 Å². The largest absolute Gasteiger partial charge is 0.457 e. The Morgan fingerprint density at radius 1 is 1.18 bits per heavy atom. The molecule has 1 heterocycles. The van der Waals surface area contributed by atoms with E-state index in [1.165, 1.54) is 48.5 Å². The van der Waals surface area contributed by atoms with E-state index in [-0.39, 0.29) is 22.7 Å². The van der Waals surface area contributed by atoms with Gasteiger partial charge in [0.25, 0.3) is 11.6 Å². The van der Waals surface area contributed by atoms with E-state index in [1.807, 2.05) is 0 Å². The highest BCUT2D eigenvalue weighted by Gasteiger charge is 2.13. The second-order valence-corrected chi connectivity index (χ2v) is 5.64. The molecule has 0 spiro atoms. The molecule has 0 radical (unpaired) electrons. The van der Waals surface area contributed by atoms with E-state index in [4.69, 9.17) is 4.42 Å². The molecule has 1 amide bonds. The Morgan fingerprint density at radius 2 is 1.96 bits per heavy atom. The maximum absolute atomic E-state index is 13.2. The zero-order chi connectivity index (χ0) is 20.1. The number of nitrogens with one attached hydrogen (secondary N) is 1. The van der Waals surface area contributed by atoms with Crippen molar-refractivity contribution in [1.82, 2.24) is 0 Å². The minimum Gasteiger partial charge on any atom is -0.457 e. The molecule has 0 unspecified atom stereocenters. The van der Waals surface area contributed by atoms with E-state index in [0.717, 1.165) is 6.07 Å². The molecule has 3 aromatic rings. The van der Waals surface area contributed by atoms with Gasteiger partial charge in [-0.1, -0.05) is 18.2 Å². The molecule has 7 nitrogen and oxygen atoms in total. The van der Waals surface area contributed by atoms with E-state index in [2.05, 4.69) is 5.32 Å². The summed E-state index contributed by atoms with van der Waals surface area (Å²) in [6.45, 7) is 0. The van der Waals surface area contributed by atoms with Crippen LogP contribution in [0.4, 0.5) is 15.8 Å². The first-order valence-corrected chi connectivity index (χ1v) is 7.99. The Hall–Kier alpha value is -4.25. The summed E-state index contributed by atoms with van der Waals surface area (Å²) in [5.41, 5.74) is 0.363. The van der Waals surface area contributed by atoms with Gasteiger partial charge in [0.05, 0.1) is 4.92 Å². The fourth-order valence-electron chi connectivity index (χ4n) is 2.41. The lowest BCUT2D eigenvalue weighted by atomic mass is 10.1. The number of nitro groups is 1. The number of furan rings is 1. The minimum absolute atomic E-state index is 0.0850. The van der Waals surface area contributed by atoms with Crippen LogP contribution in [0, 0.1) is 27.3 Å². The third kappa shape index (κ3) is 4.28. The zero-order valence-corrected chi connectivity index (χ0v) is 14.3. The smallest absolute Gasteiger partial charge is 0.270 e. The molecule has 0 bridgehead atoms. The van der Waals surface area contributed by atoms with Gasteiger partial charge in [-0.15, -0.1) is 0 Å². The molecule has 0 aliphatic carbocycles. The number of hydrogen-bond acceptors (Lipinski definition) is 5. The average molecular weight is 377 g/mol.